The number of primary amides is 1. The van der Waals surface area contributed by atoms with Gasteiger partial charge in [-0.05, 0) is 20.3 Å². The van der Waals surface area contributed by atoms with Crippen molar-refractivity contribution < 1.29 is 4.79 Å². The van der Waals surface area contributed by atoms with Crippen LogP contribution in [0.4, 0.5) is 11.5 Å². The molecule has 6 N–H and O–H groups in total. The van der Waals surface area contributed by atoms with Gasteiger partial charge in [0.05, 0.1) is 0 Å². The number of aromatic nitrogens is 2. The fraction of sp³-hybridized carbons (Fsp3) is 0.615. The normalized spacial score (nSPS) is 11.4. The molecule has 0 saturated heterocycles. The van der Waals surface area contributed by atoms with Gasteiger partial charge in [-0.3, -0.25) is 19.1 Å². The van der Waals surface area contributed by atoms with Crippen LogP contribution in [-0.4, -0.2) is 21.0 Å². The zero-order chi connectivity index (χ0) is 16.2. The maximum atomic E-state index is 11.9. The summed E-state index contributed by atoms with van der Waals surface area (Å²) in [6, 6.07) is 0. The Morgan fingerprint density at radius 1 is 1.38 bits per heavy atom. The van der Waals surface area contributed by atoms with Crippen LogP contribution >= 0.6 is 0 Å². The Kier molecular flexibility index (Phi) is 5.17. The third kappa shape index (κ3) is 4.37. The summed E-state index contributed by atoms with van der Waals surface area (Å²) in [4.78, 5) is 37.0. The molecule has 8 heteroatoms. The van der Waals surface area contributed by atoms with Crippen molar-refractivity contribution in [1.82, 2.24) is 9.55 Å². The molecule has 1 amide bonds. The Balaban J connectivity index is 3.21. The molecule has 0 spiro atoms. The molecule has 0 bridgehead atoms. The van der Waals surface area contributed by atoms with Crippen molar-refractivity contribution in [3.8, 4) is 0 Å². The van der Waals surface area contributed by atoms with Crippen molar-refractivity contribution in [3.05, 3.63) is 20.8 Å². The molecular weight excluding hydrogens is 274 g/mol. The van der Waals surface area contributed by atoms with Crippen molar-refractivity contribution >= 4 is 17.4 Å². The van der Waals surface area contributed by atoms with E-state index in [1.54, 1.807) is 13.8 Å². The monoisotopic (exact) mass is 297 g/mol. The highest BCUT2D eigenvalue weighted by Crippen LogP contribution is 2.19. The summed E-state index contributed by atoms with van der Waals surface area (Å²) in [5.41, 5.74) is 9.29. The summed E-state index contributed by atoms with van der Waals surface area (Å²) >= 11 is 0. The lowest BCUT2D eigenvalue weighted by Gasteiger charge is -2.26. The number of aromatic amines is 1. The number of nitrogens with two attached hydrogens (primary N) is 2. The van der Waals surface area contributed by atoms with Crippen LogP contribution in [0.15, 0.2) is 9.59 Å². The summed E-state index contributed by atoms with van der Waals surface area (Å²) in [7, 11) is 0. The second kappa shape index (κ2) is 6.47. The molecule has 0 saturated carbocycles. The molecule has 118 valence electrons. The van der Waals surface area contributed by atoms with E-state index in [1.807, 2.05) is 6.92 Å². The van der Waals surface area contributed by atoms with E-state index in [0.717, 1.165) is 12.8 Å². The van der Waals surface area contributed by atoms with Gasteiger partial charge in [0.2, 0.25) is 5.91 Å². The lowest BCUT2D eigenvalue weighted by molar-refractivity contribution is -0.118. The standard InChI is InChI=1S/C13H23N5O3/c1-4-5-6-18-10(15)9(11(20)16-12(18)21)17-13(2,3)7-8(14)19/h17H,4-7,15H2,1-3H3,(H2,14,19)(H,16,20,21). The van der Waals surface area contributed by atoms with Crippen LogP contribution < -0.4 is 28.0 Å². The van der Waals surface area contributed by atoms with Gasteiger partial charge in [-0.1, -0.05) is 13.3 Å². The molecule has 1 aromatic heterocycles. The van der Waals surface area contributed by atoms with Crippen LogP contribution in [-0.2, 0) is 11.3 Å². The van der Waals surface area contributed by atoms with Crippen LogP contribution in [0.2, 0.25) is 0 Å². The Hall–Kier alpha value is -2.25. The molecule has 0 aromatic carbocycles. The van der Waals surface area contributed by atoms with Crippen molar-refractivity contribution in [1.29, 1.82) is 0 Å². The highest BCUT2D eigenvalue weighted by Gasteiger charge is 2.24. The molecule has 21 heavy (non-hydrogen) atoms. The van der Waals surface area contributed by atoms with Crippen molar-refractivity contribution in [2.75, 3.05) is 11.1 Å². The highest BCUT2D eigenvalue weighted by molar-refractivity contribution is 5.76. The van der Waals surface area contributed by atoms with E-state index in [-0.39, 0.29) is 17.9 Å². The largest absolute Gasteiger partial charge is 0.383 e. The van der Waals surface area contributed by atoms with Gasteiger partial charge in [0.15, 0.2) is 0 Å². The Morgan fingerprint density at radius 2 is 2.00 bits per heavy atom. The van der Waals surface area contributed by atoms with E-state index < -0.39 is 22.7 Å². The number of anilines is 2. The van der Waals surface area contributed by atoms with E-state index in [0.29, 0.717) is 6.54 Å². The Labute approximate surface area is 122 Å². The first-order valence-electron chi connectivity index (χ1n) is 6.87. The summed E-state index contributed by atoms with van der Waals surface area (Å²) in [6.45, 7) is 5.85. The first-order chi connectivity index (χ1) is 9.68. The van der Waals surface area contributed by atoms with Crippen LogP contribution in [0.3, 0.4) is 0 Å². The van der Waals surface area contributed by atoms with E-state index in [4.69, 9.17) is 11.5 Å². The SMILES string of the molecule is CCCCn1c(N)c(NC(C)(C)CC(N)=O)c(=O)[nH]c1=O. The van der Waals surface area contributed by atoms with Gasteiger partial charge in [-0.15, -0.1) is 0 Å². The lowest BCUT2D eigenvalue weighted by Crippen LogP contribution is -2.41. The Bertz CT molecular complexity index is 630. The maximum absolute atomic E-state index is 11.9. The summed E-state index contributed by atoms with van der Waals surface area (Å²) < 4.78 is 1.31. The Morgan fingerprint density at radius 3 is 2.52 bits per heavy atom. The summed E-state index contributed by atoms with van der Waals surface area (Å²) in [5, 5.41) is 2.90. The molecular formula is C13H23N5O3. The number of H-pyrrole nitrogens is 1. The minimum Gasteiger partial charge on any atom is -0.383 e. The lowest BCUT2D eigenvalue weighted by atomic mass is 10.00. The molecule has 8 nitrogen and oxygen atoms in total. The number of carbonyl (C=O) groups is 1. The van der Waals surface area contributed by atoms with Crippen LogP contribution in [0.5, 0.6) is 0 Å². The van der Waals surface area contributed by atoms with Gasteiger partial charge < -0.3 is 16.8 Å². The molecule has 1 heterocycles. The second-order valence-corrected chi connectivity index (χ2v) is 5.68. The molecule has 0 aliphatic carbocycles. The van der Waals surface area contributed by atoms with Crippen LogP contribution in [0.25, 0.3) is 0 Å². The van der Waals surface area contributed by atoms with E-state index >= 15 is 0 Å². The highest BCUT2D eigenvalue weighted by atomic mass is 16.2. The first kappa shape index (κ1) is 16.8. The molecule has 0 unspecified atom stereocenters. The maximum Gasteiger partial charge on any atom is 0.330 e. The third-order valence-electron chi connectivity index (χ3n) is 3.05. The smallest absolute Gasteiger partial charge is 0.330 e. The number of amides is 1. The average molecular weight is 297 g/mol. The number of hydrogen-bond donors (Lipinski definition) is 4. The van der Waals surface area contributed by atoms with Crippen molar-refractivity contribution in [2.24, 2.45) is 5.73 Å². The fourth-order valence-corrected chi connectivity index (χ4v) is 2.06. The van der Waals surface area contributed by atoms with Gasteiger partial charge in [0.25, 0.3) is 5.56 Å². The number of nitrogens with zero attached hydrogens (tertiary/aromatic N) is 1. The third-order valence-corrected chi connectivity index (χ3v) is 3.05. The number of rotatable bonds is 7. The van der Waals surface area contributed by atoms with Gasteiger partial charge in [0.1, 0.15) is 11.5 Å². The minimum absolute atomic E-state index is 0.0277. The van der Waals surface area contributed by atoms with E-state index in [2.05, 4.69) is 10.3 Å². The molecule has 1 aromatic rings. The number of hydrogen-bond acceptors (Lipinski definition) is 5. The first-order valence-corrected chi connectivity index (χ1v) is 6.87. The van der Waals surface area contributed by atoms with Gasteiger partial charge in [-0.25, -0.2) is 4.79 Å². The quantitative estimate of drug-likeness (QED) is 0.561. The summed E-state index contributed by atoms with van der Waals surface area (Å²) in [6.07, 6.45) is 1.68. The molecule has 0 radical (unpaired) electrons. The second-order valence-electron chi connectivity index (χ2n) is 5.68. The van der Waals surface area contributed by atoms with Gasteiger partial charge >= 0.3 is 5.69 Å². The number of unbranched alkanes of at least 4 members (excludes halogenated alkanes) is 1. The van der Waals surface area contributed by atoms with Gasteiger partial charge in [-0.2, -0.15) is 0 Å². The predicted molar refractivity (Wildman–Crippen MR) is 82.2 cm³/mol. The molecule has 0 fully saturated rings. The molecule has 1 rings (SSSR count). The molecule has 0 aliphatic heterocycles. The van der Waals surface area contributed by atoms with Crippen molar-refractivity contribution in [3.63, 3.8) is 0 Å². The molecule has 0 aliphatic rings. The summed E-state index contributed by atoms with van der Waals surface area (Å²) in [5.74, 6) is -0.434. The number of nitrogens with one attached hydrogen (secondary N) is 2. The van der Waals surface area contributed by atoms with Crippen LogP contribution in [0.1, 0.15) is 40.0 Å². The topological polar surface area (TPSA) is 136 Å². The molecule has 0 atom stereocenters. The minimum atomic E-state index is -0.750. The van der Waals surface area contributed by atoms with E-state index in [9.17, 15) is 14.4 Å². The van der Waals surface area contributed by atoms with Crippen LogP contribution in [0, 0.1) is 0 Å². The average Bonchev–Trinajstić information content (AvgIpc) is 2.32. The zero-order valence-electron chi connectivity index (χ0n) is 12.7. The zero-order valence-corrected chi connectivity index (χ0v) is 12.7. The number of carbonyl (C=O) groups excluding carboxylic acids is 1. The van der Waals surface area contributed by atoms with Gasteiger partial charge in [0, 0.05) is 18.5 Å². The van der Waals surface area contributed by atoms with Crippen molar-refractivity contribution in [2.45, 2.75) is 52.1 Å². The fourth-order valence-electron chi connectivity index (χ4n) is 2.06. The predicted octanol–water partition coefficient (Wildman–Crippen LogP) is -0.0152. The number of nitrogen functional groups attached to an aromatic ring is 1. The van der Waals surface area contributed by atoms with E-state index in [1.165, 1.54) is 4.57 Å².